The fraction of sp³-hybridized carbons (Fsp3) is 0.476. The van der Waals surface area contributed by atoms with E-state index in [0.717, 1.165) is 36.3 Å². The average molecular weight is 335 g/mol. The van der Waals surface area contributed by atoms with Crippen LogP contribution in [0, 0.1) is 5.92 Å². The molecule has 4 nitrogen and oxygen atoms in total. The number of fused-ring (bicyclic) bond motifs is 3. The summed E-state index contributed by atoms with van der Waals surface area (Å²) < 4.78 is 0. The smallest absolute Gasteiger partial charge is 0.222 e. The summed E-state index contributed by atoms with van der Waals surface area (Å²) in [5.74, 6) is 1.26. The zero-order valence-corrected chi connectivity index (χ0v) is 14.8. The van der Waals surface area contributed by atoms with Gasteiger partial charge in [0.2, 0.25) is 5.91 Å². The van der Waals surface area contributed by atoms with E-state index >= 15 is 0 Å². The normalized spacial score (nSPS) is 16.8. The summed E-state index contributed by atoms with van der Waals surface area (Å²) >= 11 is 0. The Kier molecular flexibility index (Phi) is 4.51. The Morgan fingerprint density at radius 1 is 1.12 bits per heavy atom. The van der Waals surface area contributed by atoms with E-state index in [1.165, 1.54) is 43.2 Å². The van der Waals surface area contributed by atoms with Crippen LogP contribution in [0.4, 0.5) is 5.82 Å². The Morgan fingerprint density at radius 2 is 1.92 bits per heavy atom. The molecule has 2 aliphatic rings. The number of carbonyl (C=O) groups excluding carboxylic acids is 1. The number of aryl methyl sites for hydroxylation is 2. The van der Waals surface area contributed by atoms with Gasteiger partial charge in [-0.3, -0.25) is 4.79 Å². The summed E-state index contributed by atoms with van der Waals surface area (Å²) in [6, 6.07) is 8.48. The summed E-state index contributed by atoms with van der Waals surface area (Å²) in [7, 11) is 0. The largest absolute Gasteiger partial charge is 0.309 e. The summed E-state index contributed by atoms with van der Waals surface area (Å²) in [5.41, 5.74) is 5.53. The molecule has 2 aliphatic carbocycles. The van der Waals surface area contributed by atoms with Gasteiger partial charge in [0.25, 0.3) is 0 Å². The van der Waals surface area contributed by atoms with Gasteiger partial charge in [0, 0.05) is 12.5 Å². The van der Waals surface area contributed by atoms with Gasteiger partial charge in [-0.05, 0) is 30.7 Å². The van der Waals surface area contributed by atoms with E-state index in [1.807, 2.05) is 0 Å². The molecule has 0 unspecified atom stereocenters. The summed E-state index contributed by atoms with van der Waals surface area (Å²) in [4.78, 5) is 21.5. The highest BCUT2D eigenvalue weighted by atomic mass is 16.1. The maximum Gasteiger partial charge on any atom is 0.222 e. The molecule has 1 aromatic carbocycles. The van der Waals surface area contributed by atoms with Crippen molar-refractivity contribution in [1.82, 2.24) is 9.97 Å². The van der Waals surface area contributed by atoms with Crippen LogP contribution in [0.25, 0.3) is 11.3 Å². The SMILES string of the molecule is CC(=O)Nc1nc2c(nc1CC1CCCCC1)-c1ccccc1CC2. The second-order valence-electron chi connectivity index (χ2n) is 7.36. The minimum Gasteiger partial charge on any atom is -0.309 e. The maximum absolute atomic E-state index is 11.6. The van der Waals surface area contributed by atoms with Gasteiger partial charge in [0.05, 0.1) is 17.1 Å². The van der Waals surface area contributed by atoms with Crippen LogP contribution < -0.4 is 5.32 Å². The van der Waals surface area contributed by atoms with Gasteiger partial charge >= 0.3 is 0 Å². The second kappa shape index (κ2) is 6.95. The van der Waals surface area contributed by atoms with Gasteiger partial charge in [-0.2, -0.15) is 0 Å². The van der Waals surface area contributed by atoms with Crippen molar-refractivity contribution >= 4 is 11.7 Å². The lowest BCUT2D eigenvalue weighted by Gasteiger charge is -2.24. The average Bonchev–Trinajstić information content (AvgIpc) is 2.62. The van der Waals surface area contributed by atoms with Gasteiger partial charge in [-0.1, -0.05) is 56.4 Å². The van der Waals surface area contributed by atoms with Crippen molar-refractivity contribution in [1.29, 1.82) is 0 Å². The summed E-state index contributed by atoms with van der Waals surface area (Å²) in [6.07, 6.45) is 9.26. The van der Waals surface area contributed by atoms with Crippen molar-refractivity contribution in [3.63, 3.8) is 0 Å². The molecule has 1 fully saturated rings. The standard InChI is InChI=1S/C21H25N3O/c1-14(25)22-21-19(13-15-7-3-2-4-8-15)23-20-17-10-6-5-9-16(17)11-12-18(20)24-21/h5-6,9-10,15H,2-4,7-8,11-13H2,1H3,(H,22,24,25). The van der Waals surface area contributed by atoms with Crippen LogP contribution in [0.5, 0.6) is 0 Å². The predicted molar refractivity (Wildman–Crippen MR) is 99.5 cm³/mol. The van der Waals surface area contributed by atoms with Crippen molar-refractivity contribution in [2.75, 3.05) is 5.32 Å². The highest BCUT2D eigenvalue weighted by molar-refractivity contribution is 5.88. The van der Waals surface area contributed by atoms with Crippen molar-refractivity contribution in [2.24, 2.45) is 5.92 Å². The first-order valence-corrected chi connectivity index (χ1v) is 9.46. The molecule has 0 aliphatic heterocycles. The highest BCUT2D eigenvalue weighted by Crippen LogP contribution is 2.34. The Balaban J connectivity index is 1.74. The number of hydrogen-bond donors (Lipinski definition) is 1. The first-order chi connectivity index (χ1) is 12.2. The second-order valence-corrected chi connectivity index (χ2v) is 7.36. The van der Waals surface area contributed by atoms with E-state index in [0.29, 0.717) is 11.7 Å². The molecule has 1 saturated carbocycles. The first kappa shape index (κ1) is 16.2. The lowest BCUT2D eigenvalue weighted by Crippen LogP contribution is -2.19. The van der Waals surface area contributed by atoms with E-state index in [-0.39, 0.29) is 5.91 Å². The van der Waals surface area contributed by atoms with Crippen LogP contribution in [-0.2, 0) is 24.1 Å². The van der Waals surface area contributed by atoms with E-state index in [2.05, 4.69) is 29.6 Å². The van der Waals surface area contributed by atoms with Crippen LogP contribution >= 0.6 is 0 Å². The third kappa shape index (κ3) is 3.44. The summed E-state index contributed by atoms with van der Waals surface area (Å²) in [6.45, 7) is 1.54. The van der Waals surface area contributed by atoms with Gasteiger partial charge in [-0.25, -0.2) is 9.97 Å². The molecule has 0 atom stereocenters. The van der Waals surface area contributed by atoms with Crippen LogP contribution in [-0.4, -0.2) is 15.9 Å². The zero-order chi connectivity index (χ0) is 17.2. The molecule has 4 heteroatoms. The molecular formula is C21H25N3O. The first-order valence-electron chi connectivity index (χ1n) is 9.46. The van der Waals surface area contributed by atoms with E-state index in [9.17, 15) is 4.79 Å². The van der Waals surface area contributed by atoms with Gasteiger partial charge in [0.1, 0.15) is 0 Å². The molecule has 0 spiro atoms. The lowest BCUT2D eigenvalue weighted by atomic mass is 9.85. The Hall–Kier alpha value is -2.23. The number of benzene rings is 1. The monoisotopic (exact) mass is 335 g/mol. The van der Waals surface area contributed by atoms with Crippen LogP contribution in [0.2, 0.25) is 0 Å². The van der Waals surface area contributed by atoms with Gasteiger partial charge in [-0.15, -0.1) is 0 Å². The van der Waals surface area contributed by atoms with Crippen molar-refractivity contribution < 1.29 is 4.79 Å². The molecular weight excluding hydrogens is 310 g/mol. The Labute approximate surface area is 149 Å². The molecule has 1 aromatic heterocycles. The fourth-order valence-electron chi connectivity index (χ4n) is 4.19. The number of carbonyl (C=O) groups is 1. The predicted octanol–water partition coefficient (Wildman–Crippen LogP) is 4.32. The maximum atomic E-state index is 11.6. The number of amides is 1. The molecule has 0 radical (unpaired) electrons. The molecule has 0 bridgehead atoms. The third-order valence-electron chi connectivity index (χ3n) is 5.45. The fourth-order valence-corrected chi connectivity index (χ4v) is 4.19. The number of hydrogen-bond acceptors (Lipinski definition) is 3. The molecule has 1 amide bonds. The number of rotatable bonds is 3. The van der Waals surface area contributed by atoms with Crippen molar-refractivity contribution in [2.45, 2.75) is 58.3 Å². The van der Waals surface area contributed by atoms with Crippen molar-refractivity contribution in [3.05, 3.63) is 41.2 Å². The lowest BCUT2D eigenvalue weighted by molar-refractivity contribution is -0.114. The molecule has 25 heavy (non-hydrogen) atoms. The Bertz CT molecular complexity index is 794. The minimum absolute atomic E-state index is 0.0737. The number of nitrogens with one attached hydrogen (secondary N) is 1. The van der Waals surface area contributed by atoms with Crippen molar-refractivity contribution in [3.8, 4) is 11.3 Å². The van der Waals surface area contributed by atoms with Crippen LogP contribution in [0.1, 0.15) is 56.0 Å². The molecule has 0 saturated heterocycles. The third-order valence-corrected chi connectivity index (χ3v) is 5.45. The minimum atomic E-state index is -0.0737. The zero-order valence-electron chi connectivity index (χ0n) is 14.8. The van der Waals surface area contributed by atoms with Crippen LogP contribution in [0.15, 0.2) is 24.3 Å². The molecule has 130 valence electrons. The van der Waals surface area contributed by atoms with E-state index in [4.69, 9.17) is 9.97 Å². The number of aromatic nitrogens is 2. The van der Waals surface area contributed by atoms with Gasteiger partial charge < -0.3 is 5.32 Å². The Morgan fingerprint density at radius 3 is 2.72 bits per heavy atom. The van der Waals surface area contributed by atoms with Crippen LogP contribution in [0.3, 0.4) is 0 Å². The number of nitrogens with zero attached hydrogens (tertiary/aromatic N) is 2. The molecule has 1 heterocycles. The quantitative estimate of drug-likeness (QED) is 0.908. The molecule has 2 aromatic rings. The highest BCUT2D eigenvalue weighted by Gasteiger charge is 2.23. The molecule has 4 rings (SSSR count). The van der Waals surface area contributed by atoms with E-state index in [1.54, 1.807) is 6.92 Å². The number of anilines is 1. The van der Waals surface area contributed by atoms with Gasteiger partial charge in [0.15, 0.2) is 5.82 Å². The van der Waals surface area contributed by atoms with E-state index < -0.39 is 0 Å². The molecule has 1 N–H and O–H groups in total. The topological polar surface area (TPSA) is 54.9 Å². The summed E-state index contributed by atoms with van der Waals surface area (Å²) in [5, 5.41) is 2.92.